The first-order chi connectivity index (χ1) is 6.25. The number of nitrogens with one attached hydrogen (secondary N) is 1. The van der Waals surface area contributed by atoms with Crippen LogP contribution in [0.3, 0.4) is 0 Å². The van der Waals surface area contributed by atoms with Gasteiger partial charge in [0.1, 0.15) is 12.2 Å². The minimum Gasteiger partial charge on any atom is -0.388 e. The third kappa shape index (κ3) is 1.16. The van der Waals surface area contributed by atoms with Crippen LogP contribution in [0.4, 0.5) is 0 Å². The van der Waals surface area contributed by atoms with Crippen molar-refractivity contribution in [3.05, 3.63) is 35.4 Å². The molecule has 3 nitrogen and oxygen atoms in total. The molecular weight excluding hydrogens is 166 g/mol. The van der Waals surface area contributed by atoms with Gasteiger partial charge in [-0.05, 0) is 18.2 Å². The van der Waals surface area contributed by atoms with E-state index in [4.69, 9.17) is 0 Å². The van der Waals surface area contributed by atoms with Crippen molar-refractivity contribution in [1.29, 1.82) is 0 Å². The van der Waals surface area contributed by atoms with Crippen molar-refractivity contribution in [2.45, 2.75) is 18.2 Å². The van der Waals surface area contributed by atoms with Crippen LogP contribution in [-0.2, 0) is 0 Å². The molecule has 0 amide bonds. The van der Waals surface area contributed by atoms with Crippen molar-refractivity contribution in [2.24, 2.45) is 0 Å². The largest absolute Gasteiger partial charge is 0.388 e. The Hall–Kier alpha value is -0.900. The van der Waals surface area contributed by atoms with Crippen molar-refractivity contribution in [2.75, 3.05) is 7.05 Å². The molecule has 0 aliphatic heterocycles. The Kier molecular flexibility index (Phi) is 2.07. The average molecular weight is 179 g/mol. The molecule has 0 spiro atoms. The predicted octanol–water partition coefficient (Wildman–Crippen LogP) is 0.355. The van der Waals surface area contributed by atoms with Crippen molar-refractivity contribution < 1.29 is 10.2 Å². The van der Waals surface area contributed by atoms with Gasteiger partial charge in [0.15, 0.2) is 0 Å². The fraction of sp³-hybridized carbons (Fsp3) is 0.400. The summed E-state index contributed by atoms with van der Waals surface area (Å²) in [6.07, 6.45) is -1.49. The molecule has 2 rings (SSSR count). The molecule has 1 aromatic rings. The van der Waals surface area contributed by atoms with E-state index in [1.165, 1.54) is 0 Å². The number of rotatable bonds is 1. The Morgan fingerprint density at radius 1 is 1.15 bits per heavy atom. The average Bonchev–Trinajstić information content (AvgIpc) is 2.41. The summed E-state index contributed by atoms with van der Waals surface area (Å²) in [5, 5.41) is 22.3. The van der Waals surface area contributed by atoms with E-state index < -0.39 is 12.2 Å². The third-order valence-electron chi connectivity index (χ3n) is 2.63. The molecule has 3 N–H and O–H groups in total. The van der Waals surface area contributed by atoms with Gasteiger partial charge >= 0.3 is 0 Å². The molecule has 0 saturated heterocycles. The van der Waals surface area contributed by atoms with Crippen LogP contribution >= 0.6 is 0 Å². The fourth-order valence-corrected chi connectivity index (χ4v) is 1.94. The van der Waals surface area contributed by atoms with E-state index in [0.717, 1.165) is 11.1 Å². The molecule has 3 atom stereocenters. The van der Waals surface area contributed by atoms with Crippen molar-refractivity contribution in [3.8, 4) is 0 Å². The monoisotopic (exact) mass is 179 g/mol. The minimum absolute atomic E-state index is 0.147. The van der Waals surface area contributed by atoms with Crippen LogP contribution in [0, 0.1) is 0 Å². The van der Waals surface area contributed by atoms with Gasteiger partial charge in [-0.3, -0.25) is 0 Å². The molecule has 1 aliphatic rings. The lowest BCUT2D eigenvalue weighted by Gasteiger charge is -2.15. The quantitative estimate of drug-likeness (QED) is 0.583. The molecule has 1 unspecified atom stereocenters. The first kappa shape index (κ1) is 8.69. The van der Waals surface area contributed by atoms with Crippen LogP contribution in [0.2, 0.25) is 0 Å². The normalized spacial score (nSPS) is 31.8. The molecule has 70 valence electrons. The Morgan fingerprint density at radius 2 is 1.77 bits per heavy atom. The summed E-state index contributed by atoms with van der Waals surface area (Å²) in [5.74, 6) is 0. The highest BCUT2D eigenvalue weighted by Crippen LogP contribution is 2.38. The molecule has 13 heavy (non-hydrogen) atoms. The van der Waals surface area contributed by atoms with E-state index in [9.17, 15) is 10.2 Å². The number of aliphatic hydroxyl groups is 2. The van der Waals surface area contributed by atoms with Gasteiger partial charge < -0.3 is 15.5 Å². The van der Waals surface area contributed by atoms with Crippen molar-refractivity contribution in [3.63, 3.8) is 0 Å². The molecular formula is C10H13NO2. The summed E-state index contributed by atoms with van der Waals surface area (Å²) >= 11 is 0. The zero-order chi connectivity index (χ0) is 9.42. The summed E-state index contributed by atoms with van der Waals surface area (Å²) in [6.45, 7) is 0. The number of hydrogen-bond acceptors (Lipinski definition) is 3. The van der Waals surface area contributed by atoms with Gasteiger partial charge in [0.2, 0.25) is 0 Å². The van der Waals surface area contributed by atoms with E-state index in [1.54, 1.807) is 7.05 Å². The van der Waals surface area contributed by atoms with E-state index >= 15 is 0 Å². The lowest BCUT2D eigenvalue weighted by molar-refractivity contribution is 0.0121. The first-order valence-electron chi connectivity index (χ1n) is 4.38. The lowest BCUT2D eigenvalue weighted by atomic mass is 10.1. The second-order valence-electron chi connectivity index (χ2n) is 3.33. The number of fused-ring (bicyclic) bond motifs is 1. The minimum atomic E-state index is -0.756. The number of likely N-dealkylation sites (N-methyl/N-ethyl adjacent to an activating group) is 1. The zero-order valence-electron chi connectivity index (χ0n) is 7.44. The second kappa shape index (κ2) is 3.10. The van der Waals surface area contributed by atoms with Gasteiger partial charge in [-0.1, -0.05) is 24.3 Å². The maximum absolute atomic E-state index is 9.67. The van der Waals surface area contributed by atoms with Crippen molar-refractivity contribution >= 4 is 0 Å². The first-order valence-corrected chi connectivity index (χ1v) is 4.38. The van der Waals surface area contributed by atoms with Crippen LogP contribution in [0.1, 0.15) is 23.3 Å². The highest BCUT2D eigenvalue weighted by atomic mass is 16.3. The lowest BCUT2D eigenvalue weighted by Crippen LogP contribution is -2.27. The Balaban J connectivity index is 2.47. The highest BCUT2D eigenvalue weighted by molar-refractivity contribution is 5.38. The van der Waals surface area contributed by atoms with Crippen LogP contribution in [0.5, 0.6) is 0 Å². The number of benzene rings is 1. The SMILES string of the molecule is CNC1c2ccccc2[C@@H](O)[C@H]1O. The fourth-order valence-electron chi connectivity index (χ4n) is 1.94. The second-order valence-corrected chi connectivity index (χ2v) is 3.33. The summed E-state index contributed by atoms with van der Waals surface area (Å²) in [6, 6.07) is 7.41. The molecule has 0 radical (unpaired) electrons. The third-order valence-corrected chi connectivity index (χ3v) is 2.63. The summed E-state index contributed by atoms with van der Waals surface area (Å²) in [4.78, 5) is 0. The summed E-state index contributed by atoms with van der Waals surface area (Å²) < 4.78 is 0. The van der Waals surface area contributed by atoms with Crippen LogP contribution < -0.4 is 5.32 Å². The maximum Gasteiger partial charge on any atom is 0.107 e. The van der Waals surface area contributed by atoms with Gasteiger partial charge in [-0.25, -0.2) is 0 Å². The van der Waals surface area contributed by atoms with Crippen LogP contribution in [0.15, 0.2) is 24.3 Å². The Bertz CT molecular complexity index is 314. The summed E-state index contributed by atoms with van der Waals surface area (Å²) in [5.41, 5.74) is 1.82. The van der Waals surface area contributed by atoms with E-state index in [1.807, 2.05) is 24.3 Å². The summed E-state index contributed by atoms with van der Waals surface area (Å²) in [7, 11) is 1.78. The van der Waals surface area contributed by atoms with E-state index in [-0.39, 0.29) is 6.04 Å². The van der Waals surface area contributed by atoms with E-state index in [2.05, 4.69) is 5.32 Å². The topological polar surface area (TPSA) is 52.5 Å². The molecule has 3 heteroatoms. The van der Waals surface area contributed by atoms with Gasteiger partial charge in [0.25, 0.3) is 0 Å². The number of hydrogen-bond donors (Lipinski definition) is 3. The molecule has 1 aliphatic carbocycles. The molecule has 0 aromatic heterocycles. The number of aliphatic hydroxyl groups excluding tert-OH is 2. The van der Waals surface area contributed by atoms with Crippen LogP contribution in [-0.4, -0.2) is 23.4 Å². The zero-order valence-corrected chi connectivity index (χ0v) is 7.44. The maximum atomic E-state index is 9.67. The molecule has 1 aromatic carbocycles. The Morgan fingerprint density at radius 3 is 2.38 bits per heavy atom. The van der Waals surface area contributed by atoms with Crippen LogP contribution in [0.25, 0.3) is 0 Å². The Labute approximate surface area is 77.0 Å². The highest BCUT2D eigenvalue weighted by Gasteiger charge is 2.37. The van der Waals surface area contributed by atoms with Gasteiger partial charge in [-0.2, -0.15) is 0 Å². The standard InChI is InChI=1S/C10H13NO2/c1-11-8-6-4-2-3-5-7(6)9(12)10(8)13/h2-5,8-13H,1H3/t8?,9-,10+/m1/s1. The molecule has 0 heterocycles. The van der Waals surface area contributed by atoms with E-state index in [0.29, 0.717) is 0 Å². The molecule has 0 saturated carbocycles. The van der Waals surface area contributed by atoms with Gasteiger partial charge in [-0.15, -0.1) is 0 Å². The predicted molar refractivity (Wildman–Crippen MR) is 49.2 cm³/mol. The van der Waals surface area contributed by atoms with Gasteiger partial charge in [0, 0.05) is 0 Å². The molecule has 0 bridgehead atoms. The van der Waals surface area contributed by atoms with Crippen molar-refractivity contribution in [1.82, 2.24) is 5.32 Å². The van der Waals surface area contributed by atoms with Gasteiger partial charge in [0.05, 0.1) is 6.04 Å². The molecule has 0 fully saturated rings. The smallest absolute Gasteiger partial charge is 0.107 e.